The molecule has 0 aromatic rings. The van der Waals surface area contributed by atoms with Crippen LogP contribution in [0.3, 0.4) is 0 Å². The van der Waals surface area contributed by atoms with E-state index < -0.39 is 0 Å². The number of rotatable bonds is 3. The predicted molar refractivity (Wildman–Crippen MR) is 59.3 cm³/mol. The summed E-state index contributed by atoms with van der Waals surface area (Å²) in [4.78, 5) is 11.0. The summed E-state index contributed by atoms with van der Waals surface area (Å²) in [5, 5.41) is 0. The van der Waals surface area contributed by atoms with Crippen molar-refractivity contribution in [2.45, 2.75) is 32.6 Å². The Morgan fingerprint density at radius 1 is 1.47 bits per heavy atom. The molecule has 2 fully saturated rings. The molecule has 15 heavy (non-hydrogen) atoms. The molecule has 0 aliphatic heterocycles. The first-order valence-electron chi connectivity index (χ1n) is 6.01. The van der Waals surface area contributed by atoms with Crippen LogP contribution in [0.15, 0.2) is 12.7 Å². The smallest absolute Gasteiger partial charge is 0.330 e. The number of carbonyl (C=O) groups is 1. The van der Waals surface area contributed by atoms with E-state index in [2.05, 4.69) is 13.5 Å². The fraction of sp³-hybridized carbons (Fsp3) is 0.769. The highest BCUT2D eigenvalue weighted by atomic mass is 16.5. The normalized spacial score (nSPS) is 38.7. The molecule has 2 rings (SSSR count). The van der Waals surface area contributed by atoms with Gasteiger partial charge < -0.3 is 4.74 Å². The van der Waals surface area contributed by atoms with Gasteiger partial charge in [0.2, 0.25) is 0 Å². The maximum atomic E-state index is 11.0. The molecule has 2 nitrogen and oxygen atoms in total. The van der Waals surface area contributed by atoms with Crippen molar-refractivity contribution < 1.29 is 9.53 Å². The molecule has 0 aromatic heterocycles. The van der Waals surface area contributed by atoms with E-state index in [1.54, 1.807) is 0 Å². The summed E-state index contributed by atoms with van der Waals surface area (Å²) in [5.41, 5.74) is 0. The fourth-order valence-corrected chi connectivity index (χ4v) is 3.58. The van der Waals surface area contributed by atoms with Crippen LogP contribution in [-0.2, 0) is 9.53 Å². The molecule has 2 aliphatic rings. The summed E-state index contributed by atoms with van der Waals surface area (Å²) in [6.45, 7) is 6.37. The molecular weight excluding hydrogens is 188 g/mol. The minimum atomic E-state index is -0.274. The van der Waals surface area contributed by atoms with Gasteiger partial charge in [-0.05, 0) is 42.9 Å². The van der Waals surface area contributed by atoms with Crippen LogP contribution in [0.2, 0.25) is 0 Å². The van der Waals surface area contributed by atoms with E-state index in [0.29, 0.717) is 12.5 Å². The van der Waals surface area contributed by atoms with Gasteiger partial charge in [0.25, 0.3) is 0 Å². The van der Waals surface area contributed by atoms with E-state index in [0.717, 1.165) is 17.8 Å². The molecular formula is C13H20O2. The molecule has 0 bridgehead atoms. The van der Waals surface area contributed by atoms with E-state index in [4.69, 9.17) is 4.74 Å². The van der Waals surface area contributed by atoms with E-state index >= 15 is 0 Å². The van der Waals surface area contributed by atoms with Crippen molar-refractivity contribution in [2.24, 2.45) is 23.7 Å². The lowest BCUT2D eigenvalue weighted by Gasteiger charge is -2.17. The molecule has 0 aromatic carbocycles. The van der Waals surface area contributed by atoms with Gasteiger partial charge in [0.05, 0.1) is 6.61 Å². The number of esters is 1. The van der Waals surface area contributed by atoms with E-state index in [1.807, 2.05) is 0 Å². The topological polar surface area (TPSA) is 26.3 Å². The van der Waals surface area contributed by atoms with Crippen molar-refractivity contribution in [2.75, 3.05) is 6.61 Å². The molecule has 0 spiro atoms. The second kappa shape index (κ2) is 4.38. The van der Waals surface area contributed by atoms with Gasteiger partial charge in [0, 0.05) is 6.08 Å². The van der Waals surface area contributed by atoms with Gasteiger partial charge in [-0.2, -0.15) is 0 Å². The molecule has 2 saturated carbocycles. The van der Waals surface area contributed by atoms with Crippen LogP contribution in [-0.4, -0.2) is 12.6 Å². The number of hydrogen-bond acceptors (Lipinski definition) is 2. The van der Waals surface area contributed by atoms with Gasteiger partial charge in [0.15, 0.2) is 0 Å². The fourth-order valence-electron chi connectivity index (χ4n) is 3.58. The molecule has 0 heterocycles. The van der Waals surface area contributed by atoms with Crippen LogP contribution in [0.1, 0.15) is 32.6 Å². The second-order valence-electron chi connectivity index (χ2n) is 5.07. The van der Waals surface area contributed by atoms with Gasteiger partial charge in [-0.1, -0.05) is 19.9 Å². The summed E-state index contributed by atoms with van der Waals surface area (Å²) in [6, 6.07) is 0. The van der Waals surface area contributed by atoms with Gasteiger partial charge >= 0.3 is 5.97 Å². The molecule has 0 radical (unpaired) electrons. The highest BCUT2D eigenvalue weighted by molar-refractivity contribution is 5.81. The van der Waals surface area contributed by atoms with Crippen molar-refractivity contribution in [3.8, 4) is 0 Å². The highest BCUT2D eigenvalue weighted by Gasteiger charge is 2.43. The maximum absolute atomic E-state index is 11.0. The Labute approximate surface area is 91.7 Å². The van der Waals surface area contributed by atoms with Crippen LogP contribution >= 0.6 is 0 Å². The minimum Gasteiger partial charge on any atom is -0.462 e. The number of hydrogen-bond donors (Lipinski definition) is 0. The Hall–Kier alpha value is -0.790. The molecule has 84 valence electrons. The van der Waals surface area contributed by atoms with Gasteiger partial charge in [0.1, 0.15) is 0 Å². The second-order valence-corrected chi connectivity index (χ2v) is 5.07. The standard InChI is InChI=1S/C13H20O2/c1-3-13(14)15-8-10-7-9(2)11-5-4-6-12(10)11/h3,9-12H,1,4-8H2,2H3. The zero-order valence-corrected chi connectivity index (χ0v) is 9.45. The summed E-state index contributed by atoms with van der Waals surface area (Å²) < 4.78 is 5.17. The molecule has 4 atom stereocenters. The third-order valence-corrected chi connectivity index (χ3v) is 4.24. The molecule has 0 saturated heterocycles. The lowest BCUT2D eigenvalue weighted by molar-refractivity contribution is -0.139. The van der Waals surface area contributed by atoms with Crippen LogP contribution < -0.4 is 0 Å². The average molecular weight is 208 g/mol. The lowest BCUT2D eigenvalue weighted by Crippen LogP contribution is -2.17. The van der Waals surface area contributed by atoms with Crippen molar-refractivity contribution in [1.82, 2.24) is 0 Å². The first-order valence-corrected chi connectivity index (χ1v) is 6.01. The van der Waals surface area contributed by atoms with Crippen molar-refractivity contribution in [1.29, 1.82) is 0 Å². The zero-order chi connectivity index (χ0) is 10.8. The summed E-state index contributed by atoms with van der Waals surface area (Å²) in [7, 11) is 0. The SMILES string of the molecule is C=CC(=O)OCC1CC(C)C2CCCC12. The third kappa shape index (κ3) is 2.09. The van der Waals surface area contributed by atoms with E-state index in [9.17, 15) is 4.79 Å². The first kappa shape index (κ1) is 10.7. The van der Waals surface area contributed by atoms with Crippen molar-refractivity contribution in [3.05, 3.63) is 12.7 Å². The molecule has 2 heteroatoms. The Morgan fingerprint density at radius 2 is 2.20 bits per heavy atom. The van der Waals surface area contributed by atoms with E-state index in [1.165, 1.54) is 31.8 Å². The van der Waals surface area contributed by atoms with Crippen molar-refractivity contribution >= 4 is 5.97 Å². The largest absolute Gasteiger partial charge is 0.462 e. The number of carbonyl (C=O) groups excluding carboxylic acids is 1. The monoisotopic (exact) mass is 208 g/mol. The van der Waals surface area contributed by atoms with Crippen LogP contribution in [0.4, 0.5) is 0 Å². The van der Waals surface area contributed by atoms with Gasteiger partial charge in [-0.3, -0.25) is 0 Å². The summed E-state index contributed by atoms with van der Waals surface area (Å²) in [6.07, 6.45) is 6.58. The maximum Gasteiger partial charge on any atom is 0.330 e. The van der Waals surface area contributed by atoms with E-state index in [-0.39, 0.29) is 5.97 Å². The predicted octanol–water partition coefficient (Wildman–Crippen LogP) is 2.79. The number of fused-ring (bicyclic) bond motifs is 1. The summed E-state index contributed by atoms with van der Waals surface area (Å²) >= 11 is 0. The Bertz CT molecular complexity index is 259. The van der Waals surface area contributed by atoms with Crippen LogP contribution in [0, 0.1) is 23.7 Å². The number of ether oxygens (including phenoxy) is 1. The third-order valence-electron chi connectivity index (χ3n) is 4.24. The Balaban J connectivity index is 1.88. The van der Waals surface area contributed by atoms with Crippen molar-refractivity contribution in [3.63, 3.8) is 0 Å². The molecule has 0 N–H and O–H groups in total. The molecule has 2 aliphatic carbocycles. The Morgan fingerprint density at radius 3 is 2.93 bits per heavy atom. The summed E-state index contributed by atoms with van der Waals surface area (Å²) in [5.74, 6) is 2.88. The molecule has 4 unspecified atom stereocenters. The quantitative estimate of drug-likeness (QED) is 0.526. The average Bonchev–Trinajstić information content (AvgIpc) is 2.80. The lowest BCUT2D eigenvalue weighted by atomic mass is 9.91. The van der Waals surface area contributed by atoms with Crippen LogP contribution in [0.25, 0.3) is 0 Å². The van der Waals surface area contributed by atoms with Gasteiger partial charge in [-0.15, -0.1) is 0 Å². The van der Waals surface area contributed by atoms with Gasteiger partial charge in [-0.25, -0.2) is 4.79 Å². The first-order chi connectivity index (χ1) is 7.22. The minimum absolute atomic E-state index is 0.274. The highest BCUT2D eigenvalue weighted by Crippen LogP contribution is 2.50. The Kier molecular flexibility index (Phi) is 3.13. The van der Waals surface area contributed by atoms with Crippen LogP contribution in [0.5, 0.6) is 0 Å². The molecule has 0 amide bonds. The zero-order valence-electron chi connectivity index (χ0n) is 9.45.